The Hall–Kier alpha value is -1.62. The van der Waals surface area contributed by atoms with Crippen molar-refractivity contribution in [2.45, 2.75) is 50.9 Å². The van der Waals surface area contributed by atoms with Crippen molar-refractivity contribution in [1.82, 2.24) is 5.01 Å². The molecular formula is C11H14F3N3O2. The molecule has 0 bridgehead atoms. The topological polar surface area (TPSA) is 76.7 Å². The monoisotopic (exact) mass is 277 g/mol. The van der Waals surface area contributed by atoms with Crippen LogP contribution in [0.5, 0.6) is 0 Å². The molecule has 0 aliphatic carbocycles. The zero-order valence-electron chi connectivity index (χ0n) is 10.4. The van der Waals surface area contributed by atoms with Crippen molar-refractivity contribution in [2.75, 3.05) is 0 Å². The first kappa shape index (κ1) is 15.4. The molecule has 0 saturated heterocycles. The van der Waals surface area contributed by atoms with Crippen molar-refractivity contribution in [3.63, 3.8) is 0 Å². The number of nitriles is 1. The third-order valence-corrected chi connectivity index (χ3v) is 2.78. The average molecular weight is 277 g/mol. The lowest BCUT2D eigenvalue weighted by atomic mass is 10.0. The summed E-state index contributed by atoms with van der Waals surface area (Å²) >= 11 is 0. The Morgan fingerprint density at radius 1 is 1.63 bits per heavy atom. The fourth-order valence-electron chi connectivity index (χ4n) is 1.76. The number of amides is 1. The van der Waals surface area contributed by atoms with E-state index in [0.717, 1.165) is 6.42 Å². The summed E-state index contributed by atoms with van der Waals surface area (Å²) in [5, 5.41) is 21.6. The summed E-state index contributed by atoms with van der Waals surface area (Å²) in [6, 6.07) is 1.45. The fourth-order valence-corrected chi connectivity index (χ4v) is 1.76. The number of carbonyl (C=O) groups is 1. The number of hydrazone groups is 1. The van der Waals surface area contributed by atoms with Gasteiger partial charge in [-0.3, -0.25) is 4.79 Å². The number of carbonyl (C=O) groups excluding carboxylic acids is 1. The lowest BCUT2D eigenvalue weighted by Gasteiger charge is -2.32. The van der Waals surface area contributed by atoms with E-state index in [4.69, 9.17) is 5.26 Å². The molecule has 0 aromatic heterocycles. The highest BCUT2D eigenvalue weighted by molar-refractivity contribution is 5.91. The van der Waals surface area contributed by atoms with E-state index in [1.165, 1.54) is 6.07 Å². The summed E-state index contributed by atoms with van der Waals surface area (Å²) in [5.41, 5.74) is -3.21. The number of unbranched alkanes of at least 4 members (excludes halogenated alkanes) is 1. The summed E-state index contributed by atoms with van der Waals surface area (Å²) in [7, 11) is 0. The summed E-state index contributed by atoms with van der Waals surface area (Å²) < 4.78 is 38.7. The van der Waals surface area contributed by atoms with Crippen LogP contribution in [0, 0.1) is 11.3 Å². The van der Waals surface area contributed by atoms with Gasteiger partial charge in [-0.15, -0.1) is 0 Å². The second-order valence-corrected chi connectivity index (χ2v) is 4.30. The molecule has 1 N–H and O–H groups in total. The van der Waals surface area contributed by atoms with E-state index >= 15 is 0 Å². The van der Waals surface area contributed by atoms with Crippen LogP contribution in [0.25, 0.3) is 0 Å². The minimum Gasteiger partial charge on any atom is -0.362 e. The van der Waals surface area contributed by atoms with E-state index in [0.29, 0.717) is 6.42 Å². The number of alkyl halides is 3. The molecule has 5 nitrogen and oxygen atoms in total. The first-order valence-corrected chi connectivity index (χ1v) is 5.81. The molecule has 8 heteroatoms. The molecule has 1 aliphatic heterocycles. The predicted molar refractivity (Wildman–Crippen MR) is 59.7 cm³/mol. The van der Waals surface area contributed by atoms with Crippen molar-refractivity contribution in [3.8, 4) is 6.07 Å². The van der Waals surface area contributed by atoms with Crippen LogP contribution in [0.2, 0.25) is 0 Å². The summed E-state index contributed by atoms with van der Waals surface area (Å²) in [6.07, 6.45) is -4.87. The summed E-state index contributed by atoms with van der Waals surface area (Å²) in [6.45, 7) is 1.87. The lowest BCUT2D eigenvalue weighted by Crippen LogP contribution is -2.56. The van der Waals surface area contributed by atoms with Crippen LogP contribution in [-0.2, 0) is 4.79 Å². The second-order valence-electron chi connectivity index (χ2n) is 4.30. The van der Waals surface area contributed by atoms with Gasteiger partial charge >= 0.3 is 6.18 Å². The van der Waals surface area contributed by atoms with E-state index in [-0.39, 0.29) is 17.1 Å². The highest BCUT2D eigenvalue weighted by atomic mass is 19.4. The van der Waals surface area contributed by atoms with Crippen LogP contribution in [0.3, 0.4) is 0 Å². The molecule has 0 fully saturated rings. The van der Waals surface area contributed by atoms with Gasteiger partial charge in [-0.1, -0.05) is 13.3 Å². The van der Waals surface area contributed by atoms with Crippen LogP contribution in [0.15, 0.2) is 5.10 Å². The first-order chi connectivity index (χ1) is 8.76. The largest absolute Gasteiger partial charge is 0.438 e. The van der Waals surface area contributed by atoms with Gasteiger partial charge < -0.3 is 5.11 Å². The number of hydrogen-bond donors (Lipinski definition) is 1. The molecule has 0 unspecified atom stereocenters. The Labute approximate surface area is 108 Å². The molecule has 1 rings (SSSR count). The molecule has 19 heavy (non-hydrogen) atoms. The Bertz CT molecular complexity index is 428. The maximum absolute atomic E-state index is 12.9. The zero-order chi connectivity index (χ0) is 14.7. The summed E-state index contributed by atoms with van der Waals surface area (Å²) in [5.74, 6) is -1.16. The Morgan fingerprint density at radius 2 is 2.26 bits per heavy atom. The Morgan fingerprint density at radius 3 is 2.74 bits per heavy atom. The molecule has 1 aliphatic rings. The third kappa shape index (κ3) is 3.04. The normalized spacial score (nSPS) is 23.2. The number of halogens is 3. The second kappa shape index (κ2) is 5.57. The molecule has 0 aromatic rings. The smallest absolute Gasteiger partial charge is 0.362 e. The van der Waals surface area contributed by atoms with E-state index in [1.807, 2.05) is 6.92 Å². The van der Waals surface area contributed by atoms with Crippen LogP contribution in [0.1, 0.15) is 39.0 Å². The molecule has 0 radical (unpaired) electrons. The molecule has 106 valence electrons. The molecular weight excluding hydrogens is 263 g/mol. The summed E-state index contributed by atoms with van der Waals surface area (Å²) in [4.78, 5) is 11.5. The van der Waals surface area contributed by atoms with Crippen molar-refractivity contribution in [1.29, 1.82) is 5.26 Å². The molecule has 0 saturated carbocycles. The number of rotatable bonds is 4. The van der Waals surface area contributed by atoms with Gasteiger partial charge in [0.2, 0.25) is 0 Å². The molecule has 0 aromatic carbocycles. The standard InChI is InChI=1S/C11H14F3N3O2/c1-2-3-4-8-7-10(19,11(12,13)14)17(16-8)9(18)5-6-15/h19H,2-5,7H2,1H3/t10-/m0/s1. The van der Waals surface area contributed by atoms with E-state index in [9.17, 15) is 23.1 Å². The Kier molecular flexibility index (Phi) is 4.52. The van der Waals surface area contributed by atoms with Gasteiger partial charge in [-0.05, 0) is 12.8 Å². The van der Waals surface area contributed by atoms with Crippen LogP contribution in [-0.4, -0.2) is 33.6 Å². The minimum absolute atomic E-state index is 0.00120. The predicted octanol–water partition coefficient (Wildman–Crippen LogP) is 1.93. The van der Waals surface area contributed by atoms with Gasteiger partial charge in [0.05, 0.1) is 6.07 Å². The molecule has 1 atom stereocenters. The minimum atomic E-state index is -5.02. The lowest BCUT2D eigenvalue weighted by molar-refractivity contribution is -0.302. The average Bonchev–Trinajstić information content (AvgIpc) is 2.65. The first-order valence-electron chi connectivity index (χ1n) is 5.81. The van der Waals surface area contributed by atoms with Gasteiger partial charge in [-0.2, -0.15) is 28.5 Å². The molecule has 0 spiro atoms. The van der Waals surface area contributed by atoms with Crippen LogP contribution >= 0.6 is 0 Å². The van der Waals surface area contributed by atoms with Crippen LogP contribution < -0.4 is 0 Å². The van der Waals surface area contributed by atoms with Crippen LogP contribution in [0.4, 0.5) is 13.2 Å². The number of aliphatic hydroxyl groups is 1. The zero-order valence-corrected chi connectivity index (χ0v) is 10.4. The van der Waals surface area contributed by atoms with Crippen molar-refractivity contribution in [3.05, 3.63) is 0 Å². The van der Waals surface area contributed by atoms with Gasteiger partial charge in [0, 0.05) is 12.1 Å². The molecule has 1 heterocycles. The van der Waals surface area contributed by atoms with Gasteiger partial charge in [0.15, 0.2) is 0 Å². The fraction of sp³-hybridized carbons (Fsp3) is 0.727. The van der Waals surface area contributed by atoms with E-state index in [2.05, 4.69) is 5.10 Å². The maximum atomic E-state index is 12.9. The van der Waals surface area contributed by atoms with Gasteiger partial charge in [-0.25, -0.2) is 0 Å². The molecule has 1 amide bonds. The quantitative estimate of drug-likeness (QED) is 0.853. The highest BCUT2D eigenvalue weighted by Gasteiger charge is 2.62. The van der Waals surface area contributed by atoms with Gasteiger partial charge in [0.25, 0.3) is 11.6 Å². The van der Waals surface area contributed by atoms with E-state index < -0.39 is 30.7 Å². The van der Waals surface area contributed by atoms with Crippen molar-refractivity contribution < 1.29 is 23.1 Å². The SMILES string of the molecule is CCCCC1=NN(C(=O)CC#N)[C@@](O)(C(F)(F)F)C1. The van der Waals surface area contributed by atoms with Gasteiger partial charge in [0.1, 0.15) is 6.42 Å². The highest BCUT2D eigenvalue weighted by Crippen LogP contribution is 2.41. The third-order valence-electron chi connectivity index (χ3n) is 2.78. The van der Waals surface area contributed by atoms with E-state index in [1.54, 1.807) is 0 Å². The Balaban J connectivity index is 3.00. The maximum Gasteiger partial charge on any atom is 0.438 e. The van der Waals surface area contributed by atoms with Crippen molar-refractivity contribution in [2.24, 2.45) is 5.10 Å². The number of nitrogens with zero attached hydrogens (tertiary/aromatic N) is 3. The van der Waals surface area contributed by atoms with Crippen molar-refractivity contribution >= 4 is 11.6 Å². The number of hydrogen-bond acceptors (Lipinski definition) is 4.